The Morgan fingerprint density at radius 1 is 1.20 bits per heavy atom. The highest BCUT2D eigenvalue weighted by Gasteiger charge is 2.12. The molecule has 0 bridgehead atoms. The van der Waals surface area contributed by atoms with Gasteiger partial charge >= 0.3 is 0 Å². The van der Waals surface area contributed by atoms with E-state index < -0.39 is 0 Å². The fourth-order valence-corrected chi connectivity index (χ4v) is 2.25. The molecule has 2 aromatic carbocycles. The quantitative estimate of drug-likeness (QED) is 0.665. The van der Waals surface area contributed by atoms with E-state index in [4.69, 9.17) is 16.3 Å². The molecule has 0 saturated heterocycles. The van der Waals surface area contributed by atoms with Gasteiger partial charge in [0.25, 0.3) is 0 Å². The van der Waals surface area contributed by atoms with Crippen molar-refractivity contribution in [3.8, 4) is 11.8 Å². The summed E-state index contributed by atoms with van der Waals surface area (Å²) in [4.78, 5) is 4.31. The van der Waals surface area contributed by atoms with Gasteiger partial charge in [-0.05, 0) is 54.1 Å². The van der Waals surface area contributed by atoms with E-state index in [1.807, 2.05) is 24.3 Å². The van der Waals surface area contributed by atoms with Crippen molar-refractivity contribution in [1.29, 1.82) is 5.26 Å². The number of nitrogens with one attached hydrogen (secondary N) is 2. The van der Waals surface area contributed by atoms with Crippen molar-refractivity contribution in [3.63, 3.8) is 0 Å². The third-order valence-corrected chi connectivity index (χ3v) is 3.68. The number of aromatic amines is 1. The first kappa shape index (κ1) is 16.6. The molecule has 0 fully saturated rings. The van der Waals surface area contributed by atoms with Crippen LogP contribution in [0.15, 0.2) is 53.5 Å². The number of nitrogens with zero attached hydrogens (tertiary/aromatic N) is 3. The van der Waals surface area contributed by atoms with Crippen LogP contribution in [0.5, 0.6) is 5.75 Å². The van der Waals surface area contributed by atoms with Crippen molar-refractivity contribution in [1.82, 2.24) is 10.2 Å². The third kappa shape index (κ3) is 3.97. The molecule has 3 rings (SSSR count). The number of H-pyrrole nitrogens is 1. The SMILES string of the molecule is COc1ccc(/C=N/c2[nH]nc(Nc3ccc(Cl)cc3)c2C#N)cc1. The molecule has 2 N–H and O–H groups in total. The fourth-order valence-electron chi connectivity index (χ4n) is 2.12. The molecule has 0 amide bonds. The maximum atomic E-state index is 9.41. The standard InChI is InChI=1S/C18H14ClN5O/c1-25-15-8-2-12(3-9-15)11-21-17-16(10-20)18(24-23-17)22-14-6-4-13(19)5-7-14/h2-9,11H,1H3,(H2,22,23,24)/b21-11+. The molecule has 6 nitrogen and oxygen atoms in total. The minimum absolute atomic E-state index is 0.333. The molecule has 0 aliphatic rings. The summed E-state index contributed by atoms with van der Waals surface area (Å²) in [5.74, 6) is 1.56. The van der Waals surface area contributed by atoms with Crippen molar-refractivity contribution in [2.24, 2.45) is 4.99 Å². The Bertz CT molecular complexity index is 924. The molecule has 1 heterocycles. The lowest BCUT2D eigenvalue weighted by atomic mass is 10.2. The first-order valence-electron chi connectivity index (χ1n) is 7.39. The minimum Gasteiger partial charge on any atom is -0.497 e. The Balaban J connectivity index is 1.80. The number of hydrogen-bond acceptors (Lipinski definition) is 5. The van der Waals surface area contributed by atoms with Crippen LogP contribution in [0, 0.1) is 11.3 Å². The average Bonchev–Trinajstić information content (AvgIpc) is 3.04. The van der Waals surface area contributed by atoms with Crippen molar-refractivity contribution in [3.05, 3.63) is 64.7 Å². The van der Waals surface area contributed by atoms with E-state index in [1.165, 1.54) is 0 Å². The molecule has 0 atom stereocenters. The summed E-state index contributed by atoms with van der Waals surface area (Å²) < 4.78 is 5.12. The minimum atomic E-state index is 0.333. The number of ether oxygens (including phenoxy) is 1. The number of anilines is 2. The summed E-state index contributed by atoms with van der Waals surface area (Å²) in [6.45, 7) is 0. The number of nitriles is 1. The van der Waals surface area contributed by atoms with E-state index in [-0.39, 0.29) is 0 Å². The molecule has 1 aromatic heterocycles. The van der Waals surface area contributed by atoms with Gasteiger partial charge in [-0.3, -0.25) is 5.10 Å². The highest BCUT2D eigenvalue weighted by Crippen LogP contribution is 2.26. The summed E-state index contributed by atoms with van der Waals surface area (Å²) >= 11 is 5.87. The largest absolute Gasteiger partial charge is 0.497 e. The Morgan fingerprint density at radius 3 is 2.56 bits per heavy atom. The molecule has 3 aromatic rings. The Labute approximate surface area is 149 Å². The highest BCUT2D eigenvalue weighted by molar-refractivity contribution is 6.30. The normalized spacial score (nSPS) is 10.6. The van der Waals surface area contributed by atoms with Gasteiger partial charge in [0.2, 0.25) is 0 Å². The number of methoxy groups -OCH3 is 1. The van der Waals surface area contributed by atoms with Gasteiger partial charge in [-0.15, -0.1) is 0 Å². The first-order chi connectivity index (χ1) is 12.2. The van der Waals surface area contributed by atoms with Crippen LogP contribution >= 0.6 is 11.6 Å². The molecule has 0 unspecified atom stereocenters. The van der Waals surface area contributed by atoms with Crippen LogP contribution in [0.25, 0.3) is 0 Å². The van der Waals surface area contributed by atoms with Gasteiger partial charge in [0.05, 0.1) is 7.11 Å². The zero-order valence-corrected chi connectivity index (χ0v) is 14.1. The summed E-state index contributed by atoms with van der Waals surface area (Å²) in [6.07, 6.45) is 1.65. The van der Waals surface area contributed by atoms with Crippen LogP contribution in [0.2, 0.25) is 5.02 Å². The monoisotopic (exact) mass is 351 g/mol. The number of hydrogen-bond donors (Lipinski definition) is 2. The van der Waals surface area contributed by atoms with E-state index >= 15 is 0 Å². The molecule has 7 heteroatoms. The summed E-state index contributed by atoms with van der Waals surface area (Å²) in [6, 6.07) is 16.7. The second-order valence-electron chi connectivity index (χ2n) is 5.07. The van der Waals surface area contributed by atoms with Crippen LogP contribution in [-0.2, 0) is 0 Å². The van der Waals surface area contributed by atoms with Gasteiger partial charge in [0.15, 0.2) is 11.6 Å². The first-order valence-corrected chi connectivity index (χ1v) is 7.76. The molecular weight excluding hydrogens is 338 g/mol. The van der Waals surface area contributed by atoms with Crippen molar-refractivity contribution < 1.29 is 4.74 Å². The second-order valence-corrected chi connectivity index (χ2v) is 5.51. The van der Waals surface area contributed by atoms with Crippen LogP contribution in [0.4, 0.5) is 17.3 Å². The maximum Gasteiger partial charge on any atom is 0.172 e. The zero-order chi connectivity index (χ0) is 17.6. The lowest BCUT2D eigenvalue weighted by molar-refractivity contribution is 0.415. The lowest BCUT2D eigenvalue weighted by Gasteiger charge is -2.02. The number of aromatic nitrogens is 2. The van der Waals surface area contributed by atoms with Gasteiger partial charge < -0.3 is 10.1 Å². The molecule has 0 spiro atoms. The molecule has 124 valence electrons. The Morgan fingerprint density at radius 2 is 1.92 bits per heavy atom. The highest BCUT2D eigenvalue weighted by atomic mass is 35.5. The van der Waals surface area contributed by atoms with Crippen LogP contribution in [-0.4, -0.2) is 23.5 Å². The van der Waals surface area contributed by atoms with Gasteiger partial charge in [0, 0.05) is 16.9 Å². The topological polar surface area (TPSA) is 86.1 Å². The molecule has 0 radical (unpaired) electrons. The van der Waals surface area contributed by atoms with E-state index in [9.17, 15) is 5.26 Å². The molecule has 25 heavy (non-hydrogen) atoms. The molecule has 0 saturated carbocycles. The van der Waals surface area contributed by atoms with E-state index in [0.29, 0.717) is 22.2 Å². The zero-order valence-electron chi connectivity index (χ0n) is 13.3. The predicted octanol–water partition coefficient (Wildman–Crippen LogP) is 4.44. The van der Waals surface area contributed by atoms with Gasteiger partial charge in [-0.1, -0.05) is 11.6 Å². The van der Waals surface area contributed by atoms with E-state index in [1.54, 1.807) is 37.6 Å². The van der Waals surface area contributed by atoms with Crippen molar-refractivity contribution >= 4 is 35.1 Å². The fraction of sp³-hybridized carbons (Fsp3) is 0.0556. The molecule has 0 aliphatic carbocycles. The molecular formula is C18H14ClN5O. The van der Waals surface area contributed by atoms with Gasteiger partial charge in [0.1, 0.15) is 17.4 Å². The smallest absolute Gasteiger partial charge is 0.172 e. The van der Waals surface area contributed by atoms with Gasteiger partial charge in [-0.2, -0.15) is 10.4 Å². The van der Waals surface area contributed by atoms with E-state index in [2.05, 4.69) is 26.6 Å². The Kier molecular flexibility index (Phi) is 4.97. The van der Waals surface area contributed by atoms with Crippen molar-refractivity contribution in [2.75, 3.05) is 12.4 Å². The van der Waals surface area contributed by atoms with Crippen molar-refractivity contribution in [2.45, 2.75) is 0 Å². The predicted molar refractivity (Wildman–Crippen MR) is 98.3 cm³/mol. The number of rotatable bonds is 5. The van der Waals surface area contributed by atoms with Crippen LogP contribution in [0.1, 0.15) is 11.1 Å². The summed E-state index contributed by atoms with van der Waals surface area (Å²) in [7, 11) is 1.61. The second kappa shape index (κ2) is 7.51. The maximum absolute atomic E-state index is 9.41. The third-order valence-electron chi connectivity index (χ3n) is 3.42. The summed E-state index contributed by atoms with van der Waals surface area (Å²) in [5, 5.41) is 20.0. The average molecular weight is 352 g/mol. The number of halogens is 1. The lowest BCUT2D eigenvalue weighted by Crippen LogP contribution is -1.92. The number of aliphatic imine (C=N–C) groups is 1. The van der Waals surface area contributed by atoms with Crippen LogP contribution < -0.4 is 10.1 Å². The van der Waals surface area contributed by atoms with Gasteiger partial charge in [-0.25, -0.2) is 4.99 Å². The molecule has 0 aliphatic heterocycles. The number of benzene rings is 2. The Hall–Kier alpha value is -3.30. The summed E-state index contributed by atoms with van der Waals surface area (Å²) in [5.41, 5.74) is 1.99. The van der Waals surface area contributed by atoms with E-state index in [0.717, 1.165) is 17.0 Å². The van der Waals surface area contributed by atoms with Crippen LogP contribution in [0.3, 0.4) is 0 Å².